The topological polar surface area (TPSA) is 38.3 Å². The molecule has 2 aliphatic carbocycles. The lowest BCUT2D eigenvalue weighted by atomic mass is 9.77. The molecule has 0 fully saturated rings. The second-order valence-electron chi connectivity index (χ2n) is 12.6. The van der Waals surface area contributed by atoms with Gasteiger partial charge in [0.2, 0.25) is 0 Å². The fraction of sp³-hybridized carbons (Fsp3) is 0.195. The summed E-state index contributed by atoms with van der Waals surface area (Å²) < 4.78 is 6.55. The molecule has 8 rings (SSSR count). The molecule has 2 unspecified atom stereocenters. The van der Waals surface area contributed by atoms with Crippen LogP contribution in [0.5, 0.6) is 5.75 Å². The number of hydrogen-bond donors (Lipinski definition) is 1. The summed E-state index contributed by atoms with van der Waals surface area (Å²) in [5.41, 5.74) is 12.1. The molecule has 2 aliphatic heterocycles. The molecule has 2 atom stereocenters. The molecule has 0 radical (unpaired) electrons. The van der Waals surface area contributed by atoms with Gasteiger partial charge in [-0.05, 0) is 108 Å². The second kappa shape index (κ2) is 11.4. The van der Waals surface area contributed by atoms with Gasteiger partial charge in [0.15, 0.2) is 5.78 Å². The fourth-order valence-electron chi connectivity index (χ4n) is 7.56. The highest BCUT2D eigenvalue weighted by molar-refractivity contribution is 6.30. The Labute approximate surface area is 269 Å². The molecule has 0 saturated heterocycles. The van der Waals surface area contributed by atoms with Crippen LogP contribution in [0.15, 0.2) is 132 Å². The number of carbonyl (C=O) groups excluding carboxylic acids is 1. The predicted octanol–water partition coefficient (Wildman–Crippen LogP) is 10.2. The van der Waals surface area contributed by atoms with Gasteiger partial charge in [0.05, 0.1) is 0 Å². The third-order valence-corrected chi connectivity index (χ3v) is 9.87. The summed E-state index contributed by atoms with van der Waals surface area (Å²) in [7, 11) is 0. The summed E-state index contributed by atoms with van der Waals surface area (Å²) in [5.74, 6) is 1.90. The summed E-state index contributed by atoms with van der Waals surface area (Å²) in [6, 6.07) is 31.1. The maximum atomic E-state index is 14.2. The van der Waals surface area contributed by atoms with Crippen LogP contribution in [0.3, 0.4) is 0 Å². The normalized spacial score (nSPS) is 22.9. The van der Waals surface area contributed by atoms with Gasteiger partial charge in [-0.2, -0.15) is 0 Å². The van der Waals surface area contributed by atoms with Crippen molar-refractivity contribution in [1.82, 2.24) is 0 Å². The van der Waals surface area contributed by atoms with Crippen molar-refractivity contribution in [3.05, 3.63) is 170 Å². The molecular weight excluding hydrogens is 574 g/mol. The number of halogens is 1. The SMILES string of the molecule is CC1=C/C(=C\C2=CC(=C3/C(=O)c4ccccc4C3c3cccc(Cl)c3)/CC(c3ccccc3)C2)Oc2cc3c(cc21)CCCN3. The van der Waals surface area contributed by atoms with Crippen LogP contribution in [0.1, 0.15) is 76.2 Å². The van der Waals surface area contributed by atoms with E-state index in [1.54, 1.807) is 0 Å². The van der Waals surface area contributed by atoms with E-state index in [1.807, 2.05) is 36.4 Å². The number of fused-ring (bicyclic) bond motifs is 3. The molecular formula is C41H34ClNO2. The van der Waals surface area contributed by atoms with Crippen LogP contribution in [0.25, 0.3) is 5.57 Å². The zero-order chi connectivity index (χ0) is 30.5. The second-order valence-corrected chi connectivity index (χ2v) is 13.0. The summed E-state index contributed by atoms with van der Waals surface area (Å²) in [6.07, 6.45) is 10.5. The Morgan fingerprint density at radius 2 is 1.69 bits per heavy atom. The number of Topliss-reactive ketones (excluding diaryl/α,β-unsaturated/α-hetero) is 1. The number of benzene rings is 4. The molecule has 0 spiro atoms. The number of hydrogen-bond acceptors (Lipinski definition) is 3. The Hall–Kier alpha value is -4.60. The molecule has 4 aromatic carbocycles. The minimum absolute atomic E-state index is 0.110. The third-order valence-electron chi connectivity index (χ3n) is 9.64. The molecule has 4 heteroatoms. The molecule has 4 aliphatic rings. The van der Waals surface area contributed by atoms with Crippen molar-refractivity contribution in [3.63, 3.8) is 0 Å². The average Bonchev–Trinajstić information content (AvgIpc) is 3.36. The fourth-order valence-corrected chi connectivity index (χ4v) is 7.75. The van der Waals surface area contributed by atoms with Crippen LogP contribution in [0.2, 0.25) is 5.02 Å². The first-order chi connectivity index (χ1) is 22.0. The standard InChI is InChI=1S/C41H34ClNO2/c1-25-17-33(45-38-24-37-28(23-36(25)38)12-8-16-43-37)20-26-18-30(27-9-3-2-4-10-27)21-31(19-26)40-39(29-11-7-13-32(42)22-29)34-14-5-6-15-35(34)41(40)44/h2-7,9-11,13-15,17,19-20,22-24,30,39,43H,8,12,16,18,21H2,1H3/b33-20+,40-31-. The van der Waals surface area contributed by atoms with Crippen molar-refractivity contribution in [3.8, 4) is 5.75 Å². The van der Waals surface area contributed by atoms with Gasteiger partial charge < -0.3 is 10.1 Å². The quantitative estimate of drug-likeness (QED) is 0.235. The summed E-state index contributed by atoms with van der Waals surface area (Å²) in [6.45, 7) is 3.16. The van der Waals surface area contributed by atoms with Crippen molar-refractivity contribution in [2.75, 3.05) is 11.9 Å². The van der Waals surface area contributed by atoms with Crippen LogP contribution in [0.4, 0.5) is 5.69 Å². The lowest BCUT2D eigenvalue weighted by molar-refractivity contribution is 0.103. The van der Waals surface area contributed by atoms with Gasteiger partial charge in [0.1, 0.15) is 11.5 Å². The molecule has 0 amide bonds. The number of ketones is 1. The lowest BCUT2D eigenvalue weighted by Gasteiger charge is -2.28. The number of nitrogens with one attached hydrogen (secondary N) is 1. The van der Waals surface area contributed by atoms with Crippen molar-refractivity contribution < 1.29 is 9.53 Å². The molecule has 4 aromatic rings. The Bertz CT molecular complexity index is 1980. The molecule has 0 bridgehead atoms. The smallest absolute Gasteiger partial charge is 0.190 e. The first-order valence-electron chi connectivity index (χ1n) is 15.9. The Morgan fingerprint density at radius 3 is 2.56 bits per heavy atom. The van der Waals surface area contributed by atoms with Gasteiger partial charge in [-0.25, -0.2) is 0 Å². The Balaban J connectivity index is 1.26. The van der Waals surface area contributed by atoms with E-state index in [0.29, 0.717) is 5.02 Å². The minimum Gasteiger partial charge on any atom is -0.457 e. The van der Waals surface area contributed by atoms with Gasteiger partial charge in [0.25, 0.3) is 0 Å². The zero-order valence-corrected chi connectivity index (χ0v) is 26.0. The van der Waals surface area contributed by atoms with Gasteiger partial charge in [-0.15, -0.1) is 0 Å². The molecule has 222 valence electrons. The van der Waals surface area contributed by atoms with Crippen LogP contribution >= 0.6 is 11.6 Å². The van der Waals surface area contributed by atoms with Crippen LogP contribution in [0, 0.1) is 0 Å². The summed E-state index contributed by atoms with van der Waals surface area (Å²) >= 11 is 6.50. The van der Waals surface area contributed by atoms with E-state index in [2.05, 4.69) is 85.1 Å². The molecule has 0 aromatic heterocycles. The first kappa shape index (κ1) is 27.9. The van der Waals surface area contributed by atoms with Crippen molar-refractivity contribution in [2.24, 2.45) is 0 Å². The number of allylic oxidation sites excluding steroid dienone is 7. The number of ether oxygens (including phenoxy) is 1. The van der Waals surface area contributed by atoms with E-state index in [-0.39, 0.29) is 17.6 Å². The summed E-state index contributed by atoms with van der Waals surface area (Å²) in [4.78, 5) is 14.2. The van der Waals surface area contributed by atoms with Gasteiger partial charge in [0, 0.05) is 45.9 Å². The number of carbonyl (C=O) groups is 1. The summed E-state index contributed by atoms with van der Waals surface area (Å²) in [5, 5.41) is 4.22. The minimum atomic E-state index is -0.166. The first-order valence-corrected chi connectivity index (χ1v) is 16.3. The molecule has 2 heterocycles. The van der Waals surface area contributed by atoms with E-state index in [0.717, 1.165) is 82.7 Å². The van der Waals surface area contributed by atoms with Gasteiger partial charge in [-0.3, -0.25) is 4.79 Å². The molecule has 45 heavy (non-hydrogen) atoms. The van der Waals surface area contributed by atoms with E-state index in [4.69, 9.17) is 16.3 Å². The molecule has 1 N–H and O–H groups in total. The van der Waals surface area contributed by atoms with Crippen LogP contribution in [-0.4, -0.2) is 12.3 Å². The van der Waals surface area contributed by atoms with E-state index >= 15 is 0 Å². The lowest BCUT2D eigenvalue weighted by Crippen LogP contribution is -2.14. The molecule has 3 nitrogen and oxygen atoms in total. The largest absolute Gasteiger partial charge is 0.457 e. The number of aryl methyl sites for hydroxylation is 1. The van der Waals surface area contributed by atoms with E-state index in [1.165, 1.54) is 22.4 Å². The molecule has 0 saturated carbocycles. The average molecular weight is 608 g/mol. The van der Waals surface area contributed by atoms with Crippen molar-refractivity contribution in [1.29, 1.82) is 0 Å². The van der Waals surface area contributed by atoms with E-state index < -0.39 is 0 Å². The Morgan fingerprint density at radius 1 is 0.867 bits per heavy atom. The highest BCUT2D eigenvalue weighted by Crippen LogP contribution is 2.48. The van der Waals surface area contributed by atoms with E-state index in [9.17, 15) is 4.79 Å². The predicted molar refractivity (Wildman–Crippen MR) is 183 cm³/mol. The van der Waals surface area contributed by atoms with Crippen LogP contribution in [-0.2, 0) is 6.42 Å². The van der Waals surface area contributed by atoms with Gasteiger partial charge >= 0.3 is 0 Å². The van der Waals surface area contributed by atoms with Gasteiger partial charge in [-0.1, -0.05) is 84.4 Å². The number of rotatable bonds is 3. The Kier molecular flexibility index (Phi) is 7.07. The highest BCUT2D eigenvalue weighted by atomic mass is 35.5. The number of anilines is 1. The maximum Gasteiger partial charge on any atom is 0.190 e. The maximum absolute atomic E-state index is 14.2. The van der Waals surface area contributed by atoms with Crippen molar-refractivity contribution >= 4 is 28.6 Å². The van der Waals surface area contributed by atoms with Crippen LogP contribution < -0.4 is 10.1 Å². The monoisotopic (exact) mass is 607 g/mol. The highest BCUT2D eigenvalue weighted by Gasteiger charge is 2.38. The van der Waals surface area contributed by atoms with Crippen molar-refractivity contribution in [2.45, 2.75) is 44.4 Å². The zero-order valence-electron chi connectivity index (χ0n) is 25.3. The third kappa shape index (κ3) is 5.15.